The summed E-state index contributed by atoms with van der Waals surface area (Å²) in [7, 11) is 0. The summed E-state index contributed by atoms with van der Waals surface area (Å²) < 4.78 is 33.3. The number of rotatable bonds is 3. The number of hydrogen-bond acceptors (Lipinski definition) is 4. The van der Waals surface area contributed by atoms with Gasteiger partial charge in [-0.25, -0.2) is 8.78 Å². The molecule has 0 spiro atoms. The van der Waals surface area contributed by atoms with Gasteiger partial charge in [0.25, 0.3) is 5.91 Å². The molecule has 1 saturated heterocycles. The number of thioether (sulfide) groups is 1. The molecule has 3 aromatic rings. The van der Waals surface area contributed by atoms with E-state index in [0.717, 1.165) is 16.7 Å². The molecule has 1 amide bonds. The van der Waals surface area contributed by atoms with E-state index >= 15 is 0 Å². The second-order valence-corrected chi connectivity index (χ2v) is 7.88. The molecule has 3 nitrogen and oxygen atoms in total. The van der Waals surface area contributed by atoms with Gasteiger partial charge in [0, 0.05) is 11.6 Å². The molecule has 0 radical (unpaired) electrons. The average molecular weight is 434 g/mol. The Hall–Kier alpha value is -2.48. The maximum atomic E-state index is 14.1. The van der Waals surface area contributed by atoms with Crippen LogP contribution in [0.5, 0.6) is 0 Å². The van der Waals surface area contributed by atoms with Crippen molar-refractivity contribution >= 4 is 57.6 Å². The van der Waals surface area contributed by atoms with Crippen LogP contribution in [0.1, 0.15) is 5.76 Å². The number of furan rings is 1. The number of nitrogens with zero attached hydrogens (tertiary/aromatic N) is 1. The van der Waals surface area contributed by atoms with Crippen molar-refractivity contribution < 1.29 is 18.0 Å². The highest BCUT2D eigenvalue weighted by Crippen LogP contribution is 2.37. The van der Waals surface area contributed by atoms with E-state index in [-0.39, 0.29) is 15.0 Å². The molecule has 140 valence electrons. The van der Waals surface area contributed by atoms with Crippen molar-refractivity contribution in [2.45, 2.75) is 0 Å². The molecule has 0 N–H and O–H groups in total. The first-order chi connectivity index (χ1) is 13.4. The Morgan fingerprint density at radius 2 is 1.86 bits per heavy atom. The first-order valence-electron chi connectivity index (χ1n) is 8.02. The smallest absolute Gasteiger partial charge is 0.270 e. The molecule has 28 heavy (non-hydrogen) atoms. The Bertz CT molecular complexity index is 1140. The fourth-order valence-corrected chi connectivity index (χ4v) is 4.12. The van der Waals surface area contributed by atoms with Crippen LogP contribution in [0.4, 0.5) is 14.5 Å². The molecular formula is C20H10ClF2NO2S2. The minimum atomic E-state index is -0.534. The monoisotopic (exact) mass is 433 g/mol. The molecule has 0 unspecified atom stereocenters. The van der Waals surface area contributed by atoms with Crippen LogP contribution in [0.2, 0.25) is 5.02 Å². The summed E-state index contributed by atoms with van der Waals surface area (Å²) in [6.07, 6.45) is 1.54. The van der Waals surface area contributed by atoms with Crippen LogP contribution < -0.4 is 4.90 Å². The lowest BCUT2D eigenvalue weighted by Gasteiger charge is -2.14. The van der Waals surface area contributed by atoms with Gasteiger partial charge >= 0.3 is 0 Å². The summed E-state index contributed by atoms with van der Waals surface area (Å²) in [6.45, 7) is 0. The van der Waals surface area contributed by atoms with Crippen molar-refractivity contribution in [2.75, 3.05) is 4.90 Å². The molecule has 8 heteroatoms. The van der Waals surface area contributed by atoms with E-state index in [1.54, 1.807) is 30.3 Å². The third kappa shape index (κ3) is 3.48. The summed E-state index contributed by atoms with van der Waals surface area (Å²) in [5, 5.41) is -0.0128. The molecular weight excluding hydrogens is 424 g/mol. The highest BCUT2D eigenvalue weighted by molar-refractivity contribution is 8.27. The lowest BCUT2D eigenvalue weighted by atomic mass is 10.2. The molecule has 1 aliphatic rings. The molecule has 0 aliphatic carbocycles. The fourth-order valence-electron chi connectivity index (χ4n) is 2.67. The lowest BCUT2D eigenvalue weighted by Crippen LogP contribution is -2.28. The Kier molecular flexibility index (Phi) is 5.05. The number of anilines is 1. The Balaban J connectivity index is 1.63. The third-order valence-electron chi connectivity index (χ3n) is 3.99. The van der Waals surface area contributed by atoms with Gasteiger partial charge in [-0.2, -0.15) is 0 Å². The molecule has 2 heterocycles. The zero-order valence-electron chi connectivity index (χ0n) is 14.0. The van der Waals surface area contributed by atoms with E-state index in [1.165, 1.54) is 30.3 Å². The number of benzene rings is 2. The molecule has 2 aromatic carbocycles. The van der Waals surface area contributed by atoms with Gasteiger partial charge in [-0.15, -0.1) is 0 Å². The van der Waals surface area contributed by atoms with Crippen LogP contribution in [-0.2, 0) is 4.79 Å². The van der Waals surface area contributed by atoms with Gasteiger partial charge < -0.3 is 4.42 Å². The van der Waals surface area contributed by atoms with Crippen molar-refractivity contribution in [3.8, 4) is 11.3 Å². The van der Waals surface area contributed by atoms with Crippen LogP contribution in [0.3, 0.4) is 0 Å². The standard InChI is InChI=1S/C20H10ClF2NO2S2/c21-13-9-11(5-7-14(13)22)17-8-6-12(26-17)10-18-19(25)24(20(27)28-18)16-4-2-1-3-15(16)23/h1-10H/b18-10+. The minimum Gasteiger partial charge on any atom is -0.457 e. The Morgan fingerprint density at radius 1 is 1.07 bits per heavy atom. The molecule has 0 bridgehead atoms. The molecule has 4 rings (SSSR count). The highest BCUT2D eigenvalue weighted by atomic mass is 35.5. The molecule has 1 aliphatic heterocycles. The average Bonchev–Trinajstić information content (AvgIpc) is 3.23. The van der Waals surface area contributed by atoms with Gasteiger partial charge in [-0.05, 0) is 42.5 Å². The molecule has 1 aromatic heterocycles. The molecule has 0 atom stereocenters. The van der Waals surface area contributed by atoms with Crippen LogP contribution in [0.15, 0.2) is 63.9 Å². The number of carbonyl (C=O) groups excluding carboxylic acids is 1. The Morgan fingerprint density at radius 3 is 2.61 bits per heavy atom. The van der Waals surface area contributed by atoms with Gasteiger partial charge in [0.15, 0.2) is 4.32 Å². The van der Waals surface area contributed by atoms with Crippen LogP contribution in [-0.4, -0.2) is 10.2 Å². The predicted molar refractivity (Wildman–Crippen MR) is 111 cm³/mol. The summed E-state index contributed by atoms with van der Waals surface area (Å²) in [4.78, 5) is 14.2. The lowest BCUT2D eigenvalue weighted by molar-refractivity contribution is -0.113. The van der Waals surface area contributed by atoms with Crippen molar-refractivity contribution in [1.82, 2.24) is 0 Å². The van der Waals surface area contributed by atoms with Gasteiger partial charge in [0.05, 0.1) is 15.6 Å². The Labute approximate surface area is 173 Å². The number of amides is 1. The van der Waals surface area contributed by atoms with Gasteiger partial charge in [0.2, 0.25) is 0 Å². The van der Waals surface area contributed by atoms with E-state index in [9.17, 15) is 13.6 Å². The topological polar surface area (TPSA) is 33.5 Å². The number of carbonyl (C=O) groups is 1. The van der Waals surface area contributed by atoms with Crippen LogP contribution in [0, 0.1) is 11.6 Å². The fraction of sp³-hybridized carbons (Fsp3) is 0. The quantitative estimate of drug-likeness (QED) is 0.359. The van der Waals surface area contributed by atoms with E-state index < -0.39 is 17.5 Å². The van der Waals surface area contributed by atoms with Crippen LogP contribution >= 0.6 is 35.6 Å². The third-order valence-corrected chi connectivity index (χ3v) is 5.58. The summed E-state index contributed by atoms with van der Waals surface area (Å²) in [5.41, 5.74) is 0.708. The zero-order valence-corrected chi connectivity index (χ0v) is 16.4. The minimum absolute atomic E-state index is 0.0128. The maximum Gasteiger partial charge on any atom is 0.270 e. The number of thiocarbonyl (C=S) groups is 1. The largest absolute Gasteiger partial charge is 0.457 e. The highest BCUT2D eigenvalue weighted by Gasteiger charge is 2.34. The second kappa shape index (κ2) is 7.50. The van der Waals surface area contributed by atoms with Gasteiger partial charge in [0.1, 0.15) is 23.2 Å². The van der Waals surface area contributed by atoms with E-state index in [4.69, 9.17) is 28.2 Å². The number of halogens is 3. The van der Waals surface area contributed by atoms with Gasteiger partial charge in [-0.3, -0.25) is 9.69 Å². The number of para-hydroxylation sites is 1. The SMILES string of the molecule is O=C1/C(=C\c2ccc(-c3ccc(F)c(Cl)c3)o2)SC(=S)N1c1ccccc1F. The first-order valence-corrected chi connectivity index (χ1v) is 9.62. The normalized spacial score (nSPS) is 15.7. The van der Waals surface area contributed by atoms with Gasteiger partial charge in [-0.1, -0.05) is 47.7 Å². The van der Waals surface area contributed by atoms with Crippen molar-refractivity contribution in [3.63, 3.8) is 0 Å². The summed E-state index contributed by atoms with van der Waals surface area (Å²) >= 11 is 12.1. The molecule has 0 saturated carbocycles. The van der Waals surface area contributed by atoms with Crippen molar-refractivity contribution in [3.05, 3.63) is 81.9 Å². The predicted octanol–water partition coefficient (Wildman–Crippen LogP) is 6.28. The van der Waals surface area contributed by atoms with Crippen molar-refractivity contribution in [2.24, 2.45) is 0 Å². The first kappa shape index (κ1) is 18.9. The zero-order chi connectivity index (χ0) is 19.8. The van der Waals surface area contributed by atoms with E-state index in [0.29, 0.717) is 22.0 Å². The summed E-state index contributed by atoms with van der Waals surface area (Å²) in [5.74, 6) is -0.604. The van der Waals surface area contributed by atoms with E-state index in [2.05, 4.69) is 0 Å². The summed E-state index contributed by atoms with van der Waals surface area (Å²) in [6, 6.07) is 13.5. The van der Waals surface area contributed by atoms with Crippen molar-refractivity contribution in [1.29, 1.82) is 0 Å². The molecule has 1 fully saturated rings. The maximum absolute atomic E-state index is 14.1. The number of hydrogen-bond donors (Lipinski definition) is 0. The second-order valence-electron chi connectivity index (χ2n) is 5.80. The van der Waals surface area contributed by atoms with Crippen LogP contribution in [0.25, 0.3) is 17.4 Å². The van der Waals surface area contributed by atoms with E-state index in [1.807, 2.05) is 0 Å².